The number of hydrogen-bond donors (Lipinski definition) is 1. The highest BCUT2D eigenvalue weighted by atomic mass is 19.4. The van der Waals surface area contributed by atoms with E-state index in [0.717, 1.165) is 13.0 Å². The quantitative estimate of drug-likeness (QED) is 0.725. The molecule has 0 spiro atoms. The van der Waals surface area contributed by atoms with Crippen LogP contribution in [0.3, 0.4) is 0 Å². The Balaban J connectivity index is 0.00000117. The maximum absolute atomic E-state index is 12.9. The van der Waals surface area contributed by atoms with Gasteiger partial charge in [0.1, 0.15) is 0 Å². The summed E-state index contributed by atoms with van der Waals surface area (Å²) in [6.45, 7) is 4.73. The van der Waals surface area contributed by atoms with Crippen molar-refractivity contribution in [2.24, 2.45) is 0 Å². The number of aromatic nitrogens is 2. The summed E-state index contributed by atoms with van der Waals surface area (Å²) in [5, 5.41) is 10.4. The largest absolute Gasteiger partial charge is 0.419 e. The predicted octanol–water partition coefficient (Wildman–Crippen LogP) is 5.22. The summed E-state index contributed by atoms with van der Waals surface area (Å²) in [5.74, 6) is -0.233. The van der Waals surface area contributed by atoms with Crippen molar-refractivity contribution in [3.8, 4) is 11.5 Å². The van der Waals surface area contributed by atoms with Crippen molar-refractivity contribution < 1.29 is 30.8 Å². The number of rotatable bonds is 2. The Morgan fingerprint density at radius 2 is 1.54 bits per heavy atom. The first-order chi connectivity index (χ1) is 12.1. The van der Waals surface area contributed by atoms with Crippen LogP contribution in [0, 0.1) is 0 Å². The third-order valence-corrected chi connectivity index (χ3v) is 3.63. The van der Waals surface area contributed by atoms with Crippen LogP contribution in [0.4, 0.5) is 26.3 Å². The average molecular weight is 381 g/mol. The number of nitrogens with one attached hydrogen (secondary N) is 1. The van der Waals surface area contributed by atoms with Crippen LogP contribution in [0.2, 0.25) is 0 Å². The molecule has 0 aliphatic carbocycles. The lowest BCUT2D eigenvalue weighted by Crippen LogP contribution is -2.12. The Morgan fingerprint density at radius 3 is 2.00 bits per heavy atom. The molecule has 0 amide bonds. The molecule has 1 atom stereocenters. The summed E-state index contributed by atoms with van der Waals surface area (Å²) < 4.78 is 82.4. The fourth-order valence-corrected chi connectivity index (χ4v) is 2.47. The van der Waals surface area contributed by atoms with E-state index in [9.17, 15) is 26.3 Å². The monoisotopic (exact) mass is 381 g/mol. The van der Waals surface area contributed by atoms with E-state index in [4.69, 9.17) is 4.42 Å². The molecule has 1 aliphatic heterocycles. The van der Waals surface area contributed by atoms with Crippen molar-refractivity contribution >= 4 is 0 Å². The van der Waals surface area contributed by atoms with Gasteiger partial charge in [0.05, 0.1) is 17.2 Å². The van der Waals surface area contributed by atoms with Crippen molar-refractivity contribution in [3.05, 3.63) is 35.2 Å². The van der Waals surface area contributed by atoms with Gasteiger partial charge in [0.25, 0.3) is 0 Å². The van der Waals surface area contributed by atoms with Crippen LogP contribution in [0.1, 0.15) is 49.7 Å². The zero-order chi connectivity index (χ0) is 19.5. The van der Waals surface area contributed by atoms with E-state index in [2.05, 4.69) is 15.5 Å². The minimum atomic E-state index is -4.92. The highest BCUT2D eigenvalue weighted by Gasteiger charge is 2.37. The summed E-state index contributed by atoms with van der Waals surface area (Å²) in [5.41, 5.74) is -3.27. The van der Waals surface area contributed by atoms with Gasteiger partial charge in [0.15, 0.2) is 0 Å². The first-order valence-corrected chi connectivity index (χ1v) is 8.01. The Bertz CT molecular complexity index is 700. The molecule has 1 saturated heterocycles. The molecule has 0 bridgehead atoms. The predicted molar refractivity (Wildman–Crippen MR) is 81.1 cm³/mol. The highest BCUT2D eigenvalue weighted by Crippen LogP contribution is 2.38. The molecular formula is C16H17F6N3O. The molecule has 1 aromatic carbocycles. The van der Waals surface area contributed by atoms with Crippen LogP contribution < -0.4 is 5.32 Å². The second-order valence-corrected chi connectivity index (χ2v) is 5.39. The Labute approximate surface area is 145 Å². The van der Waals surface area contributed by atoms with E-state index >= 15 is 0 Å². The number of alkyl halides is 6. The van der Waals surface area contributed by atoms with Crippen molar-refractivity contribution in [1.82, 2.24) is 15.5 Å². The van der Waals surface area contributed by atoms with E-state index in [1.807, 2.05) is 13.8 Å². The zero-order valence-corrected chi connectivity index (χ0v) is 14.0. The molecule has 1 aliphatic rings. The second kappa shape index (κ2) is 7.65. The van der Waals surface area contributed by atoms with E-state index in [0.29, 0.717) is 18.6 Å². The molecule has 144 valence electrons. The second-order valence-electron chi connectivity index (χ2n) is 5.39. The number of benzene rings is 1. The van der Waals surface area contributed by atoms with Crippen LogP contribution in [-0.2, 0) is 12.4 Å². The summed E-state index contributed by atoms with van der Waals surface area (Å²) in [6.07, 6.45) is -8.28. The van der Waals surface area contributed by atoms with Crippen molar-refractivity contribution in [1.29, 1.82) is 0 Å². The minimum absolute atomic E-state index is 0.0549. The topological polar surface area (TPSA) is 51.0 Å². The van der Waals surface area contributed by atoms with Gasteiger partial charge in [0, 0.05) is 5.56 Å². The fourth-order valence-electron chi connectivity index (χ4n) is 2.47. The van der Waals surface area contributed by atoms with Crippen molar-refractivity contribution in [3.63, 3.8) is 0 Å². The van der Waals surface area contributed by atoms with Crippen LogP contribution >= 0.6 is 0 Å². The smallest absolute Gasteiger partial charge is 0.416 e. The SMILES string of the molecule is CC.FC(F)(F)c1cc(-c2nnc(C3CCCN3)o2)cc(C(F)(F)F)c1. The lowest BCUT2D eigenvalue weighted by atomic mass is 10.0. The molecular weight excluding hydrogens is 364 g/mol. The molecule has 10 heteroatoms. The lowest BCUT2D eigenvalue weighted by molar-refractivity contribution is -0.143. The summed E-state index contributed by atoms with van der Waals surface area (Å²) >= 11 is 0. The normalized spacial score (nSPS) is 17.8. The number of hydrogen-bond acceptors (Lipinski definition) is 4. The van der Waals surface area contributed by atoms with Gasteiger partial charge in [-0.1, -0.05) is 13.8 Å². The zero-order valence-electron chi connectivity index (χ0n) is 14.0. The van der Waals surface area contributed by atoms with E-state index in [-0.39, 0.29) is 23.9 Å². The fraction of sp³-hybridized carbons (Fsp3) is 0.500. The van der Waals surface area contributed by atoms with Gasteiger partial charge in [-0.05, 0) is 37.6 Å². The minimum Gasteiger partial charge on any atom is -0.419 e. The third-order valence-electron chi connectivity index (χ3n) is 3.63. The van der Waals surface area contributed by atoms with Crippen LogP contribution in [-0.4, -0.2) is 16.7 Å². The molecule has 0 radical (unpaired) electrons. The number of halogens is 6. The van der Waals surface area contributed by atoms with Crippen molar-refractivity contribution in [2.75, 3.05) is 6.54 Å². The van der Waals surface area contributed by atoms with Gasteiger partial charge in [-0.15, -0.1) is 10.2 Å². The Kier molecular flexibility index (Phi) is 5.94. The summed E-state index contributed by atoms with van der Waals surface area (Å²) in [7, 11) is 0. The molecule has 3 rings (SSSR count). The summed E-state index contributed by atoms with van der Waals surface area (Å²) in [6, 6.07) is 0.946. The Morgan fingerprint density at radius 1 is 0.962 bits per heavy atom. The molecule has 1 fully saturated rings. The maximum atomic E-state index is 12.9. The third kappa shape index (κ3) is 4.54. The van der Waals surface area contributed by atoms with Gasteiger partial charge in [-0.3, -0.25) is 0 Å². The van der Waals surface area contributed by atoms with Gasteiger partial charge >= 0.3 is 12.4 Å². The highest BCUT2D eigenvalue weighted by molar-refractivity contribution is 5.56. The van der Waals surface area contributed by atoms with E-state index < -0.39 is 29.0 Å². The first kappa shape index (κ1) is 20.2. The summed E-state index contributed by atoms with van der Waals surface area (Å²) in [4.78, 5) is 0. The average Bonchev–Trinajstić information content (AvgIpc) is 3.26. The molecule has 2 heterocycles. The van der Waals surface area contributed by atoms with Crippen LogP contribution in [0.15, 0.2) is 22.6 Å². The van der Waals surface area contributed by atoms with Crippen molar-refractivity contribution in [2.45, 2.75) is 45.1 Å². The van der Waals surface area contributed by atoms with Gasteiger partial charge in [0.2, 0.25) is 11.8 Å². The molecule has 0 saturated carbocycles. The lowest BCUT2D eigenvalue weighted by Gasteiger charge is -2.12. The van der Waals surface area contributed by atoms with E-state index in [1.165, 1.54) is 0 Å². The standard InChI is InChI=1S/C14H11F6N3O.C2H6/c15-13(16,17)8-4-7(5-9(6-8)14(18,19)20)11-22-23-12(24-11)10-2-1-3-21-10;1-2/h4-6,10,21H,1-3H2;1-2H3. The molecule has 1 N–H and O–H groups in total. The molecule has 4 nitrogen and oxygen atoms in total. The molecule has 26 heavy (non-hydrogen) atoms. The van der Waals surface area contributed by atoms with Crippen LogP contribution in [0.25, 0.3) is 11.5 Å². The first-order valence-electron chi connectivity index (χ1n) is 8.01. The Hall–Kier alpha value is -2.10. The van der Waals surface area contributed by atoms with Gasteiger partial charge in [-0.2, -0.15) is 26.3 Å². The maximum Gasteiger partial charge on any atom is 0.416 e. The number of nitrogens with zero attached hydrogens (tertiary/aromatic N) is 2. The van der Waals surface area contributed by atoms with Gasteiger partial charge < -0.3 is 9.73 Å². The molecule has 1 unspecified atom stereocenters. The molecule has 1 aromatic heterocycles. The molecule has 2 aromatic rings. The van der Waals surface area contributed by atoms with Gasteiger partial charge in [-0.25, -0.2) is 0 Å². The van der Waals surface area contributed by atoms with Crippen LogP contribution in [0.5, 0.6) is 0 Å². The van der Waals surface area contributed by atoms with E-state index in [1.54, 1.807) is 0 Å².